The summed E-state index contributed by atoms with van der Waals surface area (Å²) < 4.78 is 0. The highest BCUT2D eigenvalue weighted by atomic mass is 35.5. The van der Waals surface area contributed by atoms with Gasteiger partial charge in [0.05, 0.1) is 12.3 Å². The summed E-state index contributed by atoms with van der Waals surface area (Å²) in [4.78, 5) is 4.29. The van der Waals surface area contributed by atoms with Gasteiger partial charge in [0, 0.05) is 21.8 Å². The number of hydrogen-bond acceptors (Lipinski definition) is 2. The van der Waals surface area contributed by atoms with Gasteiger partial charge in [0.2, 0.25) is 0 Å². The van der Waals surface area contributed by atoms with Crippen LogP contribution in [0.2, 0.25) is 10.0 Å². The molecule has 0 bridgehead atoms. The number of aliphatic hydroxyl groups excluding tert-OH is 1. The lowest BCUT2D eigenvalue weighted by Gasteiger charge is -2.11. The van der Waals surface area contributed by atoms with Gasteiger partial charge in [0.1, 0.15) is 0 Å². The summed E-state index contributed by atoms with van der Waals surface area (Å²) in [6, 6.07) is 17.1. The lowest BCUT2D eigenvalue weighted by atomic mass is 9.96. The average molecular weight is 330 g/mol. The topological polar surface area (TPSA) is 33.1 Å². The summed E-state index contributed by atoms with van der Waals surface area (Å²) in [5.41, 5.74) is 4.65. The Morgan fingerprint density at radius 1 is 0.773 bits per heavy atom. The van der Waals surface area contributed by atoms with Crippen LogP contribution in [0.1, 0.15) is 5.69 Å². The van der Waals surface area contributed by atoms with Crippen LogP contribution in [-0.2, 0) is 6.61 Å². The molecule has 2 aromatic carbocycles. The summed E-state index contributed by atoms with van der Waals surface area (Å²) in [5, 5.41) is 10.7. The number of aliphatic hydroxyl groups is 1. The Kier molecular flexibility index (Phi) is 4.44. The minimum atomic E-state index is -0.0957. The van der Waals surface area contributed by atoms with Gasteiger partial charge in [-0.2, -0.15) is 0 Å². The Bertz CT molecular complexity index is 783. The normalized spacial score (nSPS) is 10.7. The molecule has 0 saturated heterocycles. The number of halogens is 2. The zero-order valence-electron chi connectivity index (χ0n) is 11.6. The van der Waals surface area contributed by atoms with Crippen molar-refractivity contribution in [3.63, 3.8) is 0 Å². The van der Waals surface area contributed by atoms with Gasteiger partial charge >= 0.3 is 0 Å². The van der Waals surface area contributed by atoms with Gasteiger partial charge in [-0.05, 0) is 47.0 Å². The molecule has 0 aliphatic rings. The molecule has 3 aromatic rings. The Morgan fingerprint density at radius 3 is 1.77 bits per heavy atom. The molecule has 2 nitrogen and oxygen atoms in total. The van der Waals surface area contributed by atoms with E-state index >= 15 is 0 Å². The molecule has 1 aromatic heterocycles. The maximum Gasteiger partial charge on any atom is 0.0853 e. The lowest BCUT2D eigenvalue weighted by Crippen LogP contribution is -1.93. The fourth-order valence-corrected chi connectivity index (χ4v) is 2.56. The van der Waals surface area contributed by atoms with Crippen molar-refractivity contribution in [2.45, 2.75) is 6.61 Å². The molecule has 22 heavy (non-hydrogen) atoms. The maximum atomic E-state index is 9.35. The monoisotopic (exact) mass is 329 g/mol. The molecule has 4 heteroatoms. The Balaban J connectivity index is 2.17. The second-order valence-electron chi connectivity index (χ2n) is 4.89. The van der Waals surface area contributed by atoms with Gasteiger partial charge < -0.3 is 5.11 Å². The first kappa shape index (κ1) is 15.0. The standard InChI is InChI=1S/C18H13Cl2NO/c19-14-5-1-12(2-6-14)17-9-16(11-22)21-10-18(17)13-3-7-15(20)8-4-13/h1-10,22H,11H2. The molecular weight excluding hydrogens is 317 g/mol. The molecule has 1 N–H and O–H groups in total. The van der Waals surface area contributed by atoms with E-state index < -0.39 is 0 Å². The number of rotatable bonds is 3. The first-order valence-corrected chi connectivity index (χ1v) is 7.54. The van der Waals surface area contributed by atoms with Crippen molar-refractivity contribution in [1.29, 1.82) is 0 Å². The van der Waals surface area contributed by atoms with Crippen molar-refractivity contribution in [1.82, 2.24) is 4.98 Å². The number of benzene rings is 2. The molecule has 0 amide bonds. The second-order valence-corrected chi connectivity index (χ2v) is 5.77. The van der Waals surface area contributed by atoms with Gasteiger partial charge in [-0.1, -0.05) is 47.5 Å². The van der Waals surface area contributed by atoms with Crippen LogP contribution in [0.3, 0.4) is 0 Å². The first-order chi connectivity index (χ1) is 10.7. The van der Waals surface area contributed by atoms with Crippen LogP contribution in [0.25, 0.3) is 22.3 Å². The number of hydrogen-bond donors (Lipinski definition) is 1. The third-order valence-electron chi connectivity index (χ3n) is 3.43. The van der Waals surface area contributed by atoms with Gasteiger partial charge in [-0.25, -0.2) is 0 Å². The van der Waals surface area contributed by atoms with Crippen LogP contribution in [0.15, 0.2) is 60.8 Å². The molecular formula is C18H13Cl2NO. The number of nitrogens with zero attached hydrogens (tertiary/aromatic N) is 1. The molecule has 0 aliphatic carbocycles. The molecule has 3 rings (SSSR count). The van der Waals surface area contributed by atoms with E-state index in [-0.39, 0.29) is 6.61 Å². The molecule has 0 unspecified atom stereocenters. The Morgan fingerprint density at radius 2 is 1.27 bits per heavy atom. The second kappa shape index (κ2) is 6.49. The van der Waals surface area contributed by atoms with E-state index in [1.54, 1.807) is 6.20 Å². The van der Waals surface area contributed by atoms with E-state index in [1.165, 1.54) is 0 Å². The number of pyridine rings is 1. The summed E-state index contributed by atoms with van der Waals surface area (Å²) in [5.74, 6) is 0. The van der Waals surface area contributed by atoms with Gasteiger partial charge in [0.25, 0.3) is 0 Å². The molecule has 0 fully saturated rings. The van der Waals surface area contributed by atoms with E-state index in [1.807, 2.05) is 54.6 Å². The molecule has 0 spiro atoms. The van der Waals surface area contributed by atoms with Crippen molar-refractivity contribution >= 4 is 23.2 Å². The fourth-order valence-electron chi connectivity index (χ4n) is 2.31. The van der Waals surface area contributed by atoms with E-state index in [4.69, 9.17) is 23.2 Å². The molecule has 0 saturated carbocycles. The smallest absolute Gasteiger partial charge is 0.0853 e. The van der Waals surface area contributed by atoms with E-state index in [0.717, 1.165) is 22.3 Å². The summed E-state index contributed by atoms with van der Waals surface area (Å²) >= 11 is 11.9. The van der Waals surface area contributed by atoms with Gasteiger partial charge in [-0.3, -0.25) is 4.98 Å². The quantitative estimate of drug-likeness (QED) is 0.715. The SMILES string of the molecule is OCc1cc(-c2ccc(Cl)cc2)c(-c2ccc(Cl)cc2)cn1. The van der Waals surface area contributed by atoms with Crippen molar-refractivity contribution in [2.24, 2.45) is 0 Å². The Labute approximate surface area is 139 Å². The predicted octanol–water partition coefficient (Wildman–Crippen LogP) is 5.21. The van der Waals surface area contributed by atoms with Crippen LogP contribution in [0.5, 0.6) is 0 Å². The summed E-state index contributed by atoms with van der Waals surface area (Å²) in [6.07, 6.45) is 1.78. The molecule has 0 atom stereocenters. The zero-order valence-corrected chi connectivity index (χ0v) is 13.1. The lowest BCUT2D eigenvalue weighted by molar-refractivity contribution is 0.277. The highest BCUT2D eigenvalue weighted by molar-refractivity contribution is 6.31. The maximum absolute atomic E-state index is 9.35. The molecule has 0 radical (unpaired) electrons. The molecule has 110 valence electrons. The van der Waals surface area contributed by atoms with Crippen molar-refractivity contribution in [3.05, 3.63) is 76.5 Å². The van der Waals surface area contributed by atoms with E-state index in [2.05, 4.69) is 4.98 Å². The zero-order chi connectivity index (χ0) is 15.5. The average Bonchev–Trinajstić information content (AvgIpc) is 2.56. The minimum absolute atomic E-state index is 0.0957. The largest absolute Gasteiger partial charge is 0.390 e. The highest BCUT2D eigenvalue weighted by Gasteiger charge is 2.10. The van der Waals surface area contributed by atoms with E-state index in [9.17, 15) is 5.11 Å². The van der Waals surface area contributed by atoms with Gasteiger partial charge in [-0.15, -0.1) is 0 Å². The fraction of sp³-hybridized carbons (Fsp3) is 0.0556. The van der Waals surface area contributed by atoms with Gasteiger partial charge in [0.15, 0.2) is 0 Å². The third-order valence-corrected chi connectivity index (χ3v) is 3.94. The van der Waals surface area contributed by atoms with Crippen LogP contribution >= 0.6 is 23.2 Å². The van der Waals surface area contributed by atoms with Crippen molar-refractivity contribution < 1.29 is 5.11 Å². The predicted molar refractivity (Wildman–Crippen MR) is 91.1 cm³/mol. The number of aromatic nitrogens is 1. The minimum Gasteiger partial charge on any atom is -0.390 e. The van der Waals surface area contributed by atoms with Crippen LogP contribution < -0.4 is 0 Å². The first-order valence-electron chi connectivity index (χ1n) is 6.79. The van der Waals surface area contributed by atoms with Crippen molar-refractivity contribution in [2.75, 3.05) is 0 Å². The van der Waals surface area contributed by atoms with E-state index in [0.29, 0.717) is 15.7 Å². The molecule has 0 aliphatic heterocycles. The third kappa shape index (κ3) is 3.14. The summed E-state index contributed by atoms with van der Waals surface area (Å²) in [6.45, 7) is -0.0957. The molecule has 1 heterocycles. The van der Waals surface area contributed by atoms with Crippen LogP contribution in [0.4, 0.5) is 0 Å². The van der Waals surface area contributed by atoms with Crippen LogP contribution in [0, 0.1) is 0 Å². The summed E-state index contributed by atoms with van der Waals surface area (Å²) in [7, 11) is 0. The Hall–Kier alpha value is -1.87. The van der Waals surface area contributed by atoms with Crippen molar-refractivity contribution in [3.8, 4) is 22.3 Å². The van der Waals surface area contributed by atoms with Crippen LogP contribution in [-0.4, -0.2) is 10.1 Å². The highest BCUT2D eigenvalue weighted by Crippen LogP contribution is 2.33.